The van der Waals surface area contributed by atoms with Crippen LogP contribution in [-0.4, -0.2) is 44.1 Å². The fourth-order valence-corrected chi connectivity index (χ4v) is 6.26. The molecule has 0 fully saturated rings. The molecule has 10 heteroatoms. The first kappa shape index (κ1) is 33.0. The number of nitrogens with zero attached hydrogens (tertiary/aromatic N) is 4. The highest BCUT2D eigenvalue weighted by Gasteiger charge is 2.37. The molecule has 8 nitrogen and oxygen atoms in total. The molecule has 4 aromatic rings. The minimum atomic E-state index is -1.92. The van der Waals surface area contributed by atoms with Gasteiger partial charge in [-0.2, -0.15) is 5.10 Å². The van der Waals surface area contributed by atoms with Crippen LogP contribution < -0.4 is 9.88 Å². The minimum Gasteiger partial charge on any atom is -0.496 e. The third kappa shape index (κ3) is 7.42. The topological polar surface area (TPSA) is 105 Å². The molecule has 2 atom stereocenters. The van der Waals surface area contributed by atoms with Gasteiger partial charge >= 0.3 is 0 Å². The Morgan fingerprint density at radius 2 is 1.77 bits per heavy atom. The summed E-state index contributed by atoms with van der Waals surface area (Å²) in [7, 11) is -1.68. The number of fused-ring (bicyclic) bond motifs is 1. The summed E-state index contributed by atoms with van der Waals surface area (Å²) in [5.74, 6) is 1.57. The van der Waals surface area contributed by atoms with Crippen molar-refractivity contribution >= 4 is 30.2 Å². The van der Waals surface area contributed by atoms with Gasteiger partial charge in [-0.1, -0.05) is 46.2 Å². The third-order valence-corrected chi connectivity index (χ3v) is 14.4. The van der Waals surface area contributed by atoms with Gasteiger partial charge in [0, 0.05) is 17.2 Å². The molecule has 1 unspecified atom stereocenters. The van der Waals surface area contributed by atoms with Crippen LogP contribution in [-0.2, 0) is 22.0 Å². The van der Waals surface area contributed by atoms with Gasteiger partial charge in [0.15, 0.2) is 14.1 Å². The number of rotatable bonds is 12. The second-order valence-electron chi connectivity index (χ2n) is 13.4. The van der Waals surface area contributed by atoms with Crippen LogP contribution in [0.5, 0.6) is 5.75 Å². The van der Waals surface area contributed by atoms with E-state index in [9.17, 15) is 4.21 Å². The number of hydrogen-bond donors (Lipinski definition) is 1. The molecule has 0 radical (unpaired) electrons. The van der Waals surface area contributed by atoms with Crippen molar-refractivity contribution in [3.63, 3.8) is 0 Å². The Labute approximate surface area is 260 Å². The Hall–Kier alpha value is -2.92. The lowest BCUT2D eigenvalue weighted by atomic mass is 9.89. The van der Waals surface area contributed by atoms with Gasteiger partial charge in [-0.15, -0.1) is 0 Å². The lowest BCUT2D eigenvalue weighted by molar-refractivity contribution is 0.272. The number of aromatic nitrogens is 4. The molecule has 43 heavy (non-hydrogen) atoms. The smallest absolute Gasteiger partial charge is 0.192 e. The molecule has 0 aliphatic carbocycles. The zero-order valence-electron chi connectivity index (χ0n) is 27.1. The summed E-state index contributed by atoms with van der Waals surface area (Å²) in [6, 6.07) is 16.1. The first-order valence-electron chi connectivity index (χ1n) is 15.0. The van der Waals surface area contributed by atoms with Gasteiger partial charge < -0.3 is 9.16 Å². The van der Waals surface area contributed by atoms with Crippen molar-refractivity contribution in [1.82, 2.24) is 19.7 Å². The summed E-state index contributed by atoms with van der Waals surface area (Å²) in [5.41, 5.74) is 4.47. The van der Waals surface area contributed by atoms with Crippen LogP contribution in [0.1, 0.15) is 78.1 Å². The van der Waals surface area contributed by atoms with E-state index in [0.29, 0.717) is 24.6 Å². The SMILES string of the molecule is CCC[C@@H](CC(C)(C)S(N)=O)c1cccc(-c2cc(OC)c3cnn(-c4cccc(CO[Si](C)(C)C(C)(C)C)n4)c3c2)n1. The van der Waals surface area contributed by atoms with E-state index in [1.54, 1.807) is 7.11 Å². The van der Waals surface area contributed by atoms with E-state index in [0.717, 1.165) is 46.4 Å². The first-order chi connectivity index (χ1) is 20.2. The van der Waals surface area contributed by atoms with E-state index in [2.05, 4.69) is 52.9 Å². The fourth-order valence-electron chi connectivity index (χ4n) is 4.95. The fraction of sp³-hybridized carbons (Fsp3) is 0.485. The number of methoxy groups -OCH3 is 1. The van der Waals surface area contributed by atoms with Crippen molar-refractivity contribution in [2.75, 3.05) is 7.11 Å². The van der Waals surface area contributed by atoms with Crippen LogP contribution in [0.15, 0.2) is 54.7 Å². The van der Waals surface area contributed by atoms with E-state index in [1.807, 2.05) is 61.1 Å². The van der Waals surface area contributed by atoms with Crippen LogP contribution in [0.25, 0.3) is 28.0 Å². The van der Waals surface area contributed by atoms with Crippen molar-refractivity contribution in [2.45, 2.75) is 96.2 Å². The predicted octanol–water partition coefficient (Wildman–Crippen LogP) is 7.69. The lowest BCUT2D eigenvalue weighted by Crippen LogP contribution is -2.40. The number of ether oxygens (including phenoxy) is 1. The molecule has 232 valence electrons. The molecule has 3 heterocycles. The highest BCUT2D eigenvalue weighted by molar-refractivity contribution is 7.84. The predicted molar refractivity (Wildman–Crippen MR) is 179 cm³/mol. The molecule has 0 aliphatic rings. The number of hydrogen-bond acceptors (Lipinski definition) is 6. The maximum absolute atomic E-state index is 12.2. The molecule has 0 saturated heterocycles. The van der Waals surface area contributed by atoms with Crippen molar-refractivity contribution in [2.24, 2.45) is 5.14 Å². The van der Waals surface area contributed by atoms with Crippen molar-refractivity contribution in [3.05, 3.63) is 66.1 Å². The molecule has 0 bridgehead atoms. The highest BCUT2D eigenvalue weighted by atomic mass is 32.2. The summed E-state index contributed by atoms with van der Waals surface area (Å²) in [5, 5.41) is 11.6. The zero-order valence-corrected chi connectivity index (χ0v) is 28.9. The summed E-state index contributed by atoms with van der Waals surface area (Å²) in [6.45, 7) is 17.7. The maximum Gasteiger partial charge on any atom is 0.192 e. The lowest BCUT2D eigenvalue weighted by Gasteiger charge is -2.36. The highest BCUT2D eigenvalue weighted by Crippen LogP contribution is 2.38. The minimum absolute atomic E-state index is 0.122. The van der Waals surface area contributed by atoms with Crippen molar-refractivity contribution in [3.8, 4) is 22.8 Å². The Morgan fingerprint density at radius 3 is 2.42 bits per heavy atom. The normalized spacial score (nSPS) is 14.2. The van der Waals surface area contributed by atoms with Crippen molar-refractivity contribution < 1.29 is 13.4 Å². The van der Waals surface area contributed by atoms with Gasteiger partial charge in [0.1, 0.15) is 5.75 Å². The molecule has 1 aromatic carbocycles. The Kier molecular flexibility index (Phi) is 9.95. The van der Waals surface area contributed by atoms with Gasteiger partial charge in [-0.25, -0.2) is 13.9 Å². The van der Waals surface area contributed by atoms with Crippen LogP contribution in [0.3, 0.4) is 0 Å². The molecule has 0 spiro atoms. The average Bonchev–Trinajstić information content (AvgIpc) is 3.39. The van der Waals surface area contributed by atoms with E-state index < -0.39 is 24.1 Å². The number of benzene rings is 1. The maximum atomic E-state index is 12.2. The second kappa shape index (κ2) is 13.0. The molecule has 0 saturated carbocycles. The van der Waals surface area contributed by atoms with Crippen LogP contribution in [0.2, 0.25) is 18.1 Å². The van der Waals surface area contributed by atoms with Crippen LogP contribution >= 0.6 is 0 Å². The Balaban J connectivity index is 1.72. The Morgan fingerprint density at radius 1 is 1.05 bits per heavy atom. The molecule has 2 N–H and O–H groups in total. The summed E-state index contributed by atoms with van der Waals surface area (Å²) in [6.07, 6.45) is 4.44. The summed E-state index contributed by atoms with van der Waals surface area (Å²) >= 11 is 0. The van der Waals surface area contributed by atoms with E-state index in [-0.39, 0.29) is 11.0 Å². The standard InChI is InChI=1S/C33H47N5O3SSi/c1-10-13-23(20-33(5,6)42(34)39)27-15-12-16-28(37-27)24-18-29-26(30(19-24)40-7)21-35-38(29)31-17-11-14-25(36-31)22-41-43(8,9)32(2,3)4/h11-12,14-19,21,23H,10,13,20,22,34H2,1-9H3/t23-,42?/m0/s1. The van der Waals surface area contributed by atoms with E-state index in [1.165, 1.54) is 0 Å². The largest absolute Gasteiger partial charge is 0.496 e. The number of nitrogens with two attached hydrogens (primary N) is 1. The van der Waals surface area contributed by atoms with Crippen LogP contribution in [0.4, 0.5) is 0 Å². The van der Waals surface area contributed by atoms with Crippen molar-refractivity contribution in [1.29, 1.82) is 0 Å². The van der Waals surface area contributed by atoms with E-state index in [4.69, 9.17) is 29.4 Å². The molecular formula is C33H47N5O3SSi. The van der Waals surface area contributed by atoms with Gasteiger partial charge in [0.25, 0.3) is 0 Å². The summed E-state index contributed by atoms with van der Waals surface area (Å²) in [4.78, 5) is 10.0. The van der Waals surface area contributed by atoms with Gasteiger partial charge in [-0.3, -0.25) is 10.1 Å². The first-order valence-corrected chi connectivity index (χ1v) is 19.1. The van der Waals surface area contributed by atoms with Gasteiger partial charge in [-0.05, 0) is 81.2 Å². The third-order valence-electron chi connectivity index (χ3n) is 8.67. The quantitative estimate of drug-likeness (QED) is 0.163. The molecule has 0 amide bonds. The zero-order chi connectivity index (χ0) is 31.6. The van der Waals surface area contributed by atoms with Gasteiger partial charge in [0.05, 0.1) is 57.9 Å². The monoisotopic (exact) mass is 621 g/mol. The average molecular weight is 622 g/mol. The second-order valence-corrected chi connectivity index (χ2v) is 19.9. The van der Waals surface area contributed by atoms with E-state index >= 15 is 0 Å². The number of pyridine rings is 2. The molecule has 4 rings (SSSR count). The van der Waals surface area contributed by atoms with Gasteiger partial charge in [0.2, 0.25) is 0 Å². The Bertz CT molecular complexity index is 1600. The van der Waals surface area contributed by atoms with Crippen LogP contribution in [0, 0.1) is 0 Å². The molecule has 0 aliphatic heterocycles. The summed E-state index contributed by atoms with van der Waals surface area (Å²) < 4.78 is 25.8. The molecule has 3 aromatic heterocycles. The molecular weight excluding hydrogens is 575 g/mol.